The SMILES string of the molecule is O=C1CCC(N2C(=O)c3cccc(CN4CCC(NCC(F)(F)F)CC4)c3C2=O)C(=O)N1. The zero-order valence-electron chi connectivity index (χ0n) is 17.2. The number of fused-ring (bicyclic) bond motifs is 1. The van der Waals surface area contributed by atoms with Crippen LogP contribution < -0.4 is 10.6 Å². The number of carbonyl (C=O) groups excluding carboxylic acids is 4. The van der Waals surface area contributed by atoms with E-state index in [-0.39, 0.29) is 30.0 Å². The van der Waals surface area contributed by atoms with Gasteiger partial charge in [-0.15, -0.1) is 0 Å². The van der Waals surface area contributed by atoms with E-state index in [0.29, 0.717) is 38.0 Å². The third-order valence-electron chi connectivity index (χ3n) is 6.13. The van der Waals surface area contributed by atoms with Crippen molar-refractivity contribution in [2.75, 3.05) is 19.6 Å². The van der Waals surface area contributed by atoms with Gasteiger partial charge in [-0.05, 0) is 44.0 Å². The highest BCUT2D eigenvalue weighted by Crippen LogP contribution is 2.31. The topological polar surface area (TPSA) is 98.8 Å². The fraction of sp³-hybridized carbons (Fsp3) is 0.524. The first-order valence-corrected chi connectivity index (χ1v) is 10.5. The Hall–Kier alpha value is -2.79. The van der Waals surface area contributed by atoms with Crippen molar-refractivity contribution in [3.8, 4) is 0 Å². The maximum absolute atomic E-state index is 13.1. The number of amides is 4. The maximum Gasteiger partial charge on any atom is 0.401 e. The van der Waals surface area contributed by atoms with Crippen molar-refractivity contribution in [1.29, 1.82) is 0 Å². The number of likely N-dealkylation sites (tertiary alicyclic amines) is 1. The molecule has 1 unspecified atom stereocenters. The molecule has 2 saturated heterocycles. The zero-order chi connectivity index (χ0) is 23.0. The fourth-order valence-corrected chi connectivity index (χ4v) is 4.51. The van der Waals surface area contributed by atoms with Crippen LogP contribution in [-0.4, -0.2) is 71.3 Å². The number of rotatable bonds is 5. The van der Waals surface area contributed by atoms with Gasteiger partial charge in [0.1, 0.15) is 6.04 Å². The van der Waals surface area contributed by atoms with Gasteiger partial charge in [0.05, 0.1) is 17.7 Å². The monoisotopic (exact) mass is 452 g/mol. The molecule has 8 nitrogen and oxygen atoms in total. The van der Waals surface area contributed by atoms with Gasteiger partial charge in [0.25, 0.3) is 11.8 Å². The molecule has 4 rings (SSSR count). The molecule has 2 N–H and O–H groups in total. The van der Waals surface area contributed by atoms with Gasteiger partial charge in [-0.3, -0.25) is 34.3 Å². The van der Waals surface area contributed by atoms with Crippen molar-refractivity contribution in [3.63, 3.8) is 0 Å². The molecular formula is C21H23F3N4O4. The van der Waals surface area contributed by atoms with Gasteiger partial charge in [0, 0.05) is 19.0 Å². The highest BCUT2D eigenvalue weighted by Gasteiger charge is 2.45. The zero-order valence-corrected chi connectivity index (χ0v) is 17.2. The summed E-state index contributed by atoms with van der Waals surface area (Å²) in [5.41, 5.74) is 1.11. The first kappa shape index (κ1) is 22.4. The van der Waals surface area contributed by atoms with Crippen molar-refractivity contribution in [2.45, 2.75) is 50.5 Å². The summed E-state index contributed by atoms with van der Waals surface area (Å²) in [4.78, 5) is 52.6. The Balaban J connectivity index is 1.44. The molecule has 4 amide bonds. The van der Waals surface area contributed by atoms with Crippen molar-refractivity contribution in [2.24, 2.45) is 0 Å². The lowest BCUT2D eigenvalue weighted by Gasteiger charge is -2.33. The number of imide groups is 2. The van der Waals surface area contributed by atoms with Gasteiger partial charge in [0.2, 0.25) is 11.8 Å². The molecule has 11 heteroatoms. The minimum absolute atomic E-state index is 0.0496. The summed E-state index contributed by atoms with van der Waals surface area (Å²) in [6.45, 7) is 0.463. The Kier molecular flexibility index (Phi) is 6.04. The van der Waals surface area contributed by atoms with Crippen molar-refractivity contribution >= 4 is 23.6 Å². The minimum atomic E-state index is -4.25. The van der Waals surface area contributed by atoms with E-state index in [1.54, 1.807) is 12.1 Å². The van der Waals surface area contributed by atoms with E-state index >= 15 is 0 Å². The van der Waals surface area contributed by atoms with Crippen LogP contribution in [0.1, 0.15) is 52.0 Å². The summed E-state index contributed by atoms with van der Waals surface area (Å²) in [5.74, 6) is -2.21. The molecule has 1 atom stereocenters. The van der Waals surface area contributed by atoms with Crippen LogP contribution in [-0.2, 0) is 16.1 Å². The van der Waals surface area contributed by atoms with Gasteiger partial charge >= 0.3 is 6.18 Å². The van der Waals surface area contributed by atoms with Crippen LogP contribution in [0.25, 0.3) is 0 Å². The number of halogens is 3. The third-order valence-corrected chi connectivity index (χ3v) is 6.13. The largest absolute Gasteiger partial charge is 0.401 e. The Morgan fingerprint density at radius 1 is 1.03 bits per heavy atom. The molecule has 2 fully saturated rings. The number of hydrogen-bond donors (Lipinski definition) is 2. The van der Waals surface area contributed by atoms with Crippen LogP contribution in [0, 0.1) is 0 Å². The summed E-state index contributed by atoms with van der Waals surface area (Å²) in [5, 5.41) is 4.70. The second-order valence-corrected chi connectivity index (χ2v) is 8.33. The van der Waals surface area contributed by atoms with Crippen molar-refractivity contribution in [1.82, 2.24) is 20.4 Å². The third kappa shape index (κ3) is 4.53. The van der Waals surface area contributed by atoms with Crippen LogP contribution in [0.15, 0.2) is 18.2 Å². The number of alkyl halides is 3. The number of nitrogens with zero attached hydrogens (tertiary/aromatic N) is 2. The van der Waals surface area contributed by atoms with Crippen LogP contribution >= 0.6 is 0 Å². The molecule has 0 aromatic heterocycles. The highest BCUT2D eigenvalue weighted by molar-refractivity contribution is 6.24. The van der Waals surface area contributed by atoms with Gasteiger partial charge in [-0.2, -0.15) is 13.2 Å². The Morgan fingerprint density at radius 3 is 2.41 bits per heavy atom. The van der Waals surface area contributed by atoms with Crippen molar-refractivity contribution < 1.29 is 32.3 Å². The predicted molar refractivity (Wildman–Crippen MR) is 105 cm³/mol. The van der Waals surface area contributed by atoms with Crippen LogP contribution in [0.5, 0.6) is 0 Å². The van der Waals surface area contributed by atoms with E-state index < -0.39 is 42.4 Å². The Bertz CT molecular complexity index is 957. The number of benzene rings is 1. The number of carbonyl (C=O) groups is 4. The molecule has 3 aliphatic rings. The Labute approximate surface area is 182 Å². The smallest absolute Gasteiger partial charge is 0.306 e. The second-order valence-electron chi connectivity index (χ2n) is 8.33. The first-order valence-electron chi connectivity index (χ1n) is 10.5. The van der Waals surface area contributed by atoms with E-state index in [9.17, 15) is 32.3 Å². The molecule has 3 heterocycles. The van der Waals surface area contributed by atoms with E-state index in [0.717, 1.165) is 4.90 Å². The van der Waals surface area contributed by atoms with Crippen LogP contribution in [0.4, 0.5) is 13.2 Å². The molecule has 0 spiro atoms. The average Bonchev–Trinajstić information content (AvgIpc) is 2.98. The second kappa shape index (κ2) is 8.62. The van der Waals surface area contributed by atoms with E-state index in [1.807, 2.05) is 4.90 Å². The number of piperidine rings is 2. The summed E-state index contributed by atoms with van der Waals surface area (Å²) in [6, 6.07) is 3.71. The molecule has 1 aromatic rings. The van der Waals surface area contributed by atoms with Gasteiger partial charge in [-0.25, -0.2) is 0 Å². The van der Waals surface area contributed by atoms with Gasteiger partial charge in [-0.1, -0.05) is 12.1 Å². The minimum Gasteiger partial charge on any atom is -0.306 e. The molecule has 0 saturated carbocycles. The lowest BCUT2D eigenvalue weighted by atomic mass is 10.00. The molecular weight excluding hydrogens is 429 g/mol. The lowest BCUT2D eigenvalue weighted by molar-refractivity contribution is -0.136. The number of nitrogens with one attached hydrogen (secondary N) is 2. The number of hydrogen-bond acceptors (Lipinski definition) is 6. The molecule has 1 aromatic carbocycles. The molecule has 0 radical (unpaired) electrons. The lowest BCUT2D eigenvalue weighted by Crippen LogP contribution is -2.54. The molecule has 3 aliphatic heterocycles. The average molecular weight is 452 g/mol. The van der Waals surface area contributed by atoms with Gasteiger partial charge < -0.3 is 5.32 Å². The van der Waals surface area contributed by atoms with Gasteiger partial charge in [0.15, 0.2) is 0 Å². The predicted octanol–water partition coefficient (Wildman–Crippen LogP) is 1.20. The molecule has 32 heavy (non-hydrogen) atoms. The normalized spacial score (nSPS) is 23.0. The molecule has 0 aliphatic carbocycles. The fourth-order valence-electron chi connectivity index (χ4n) is 4.51. The standard InChI is InChI=1S/C21H23F3N4O4/c22-21(23,24)11-25-13-6-8-27(9-7-13)10-12-2-1-3-14-17(12)20(32)28(19(14)31)15-4-5-16(29)26-18(15)30/h1-3,13,15,25H,4-11H2,(H,26,29,30). The summed E-state index contributed by atoms with van der Waals surface area (Å²) >= 11 is 0. The highest BCUT2D eigenvalue weighted by atomic mass is 19.4. The van der Waals surface area contributed by atoms with E-state index in [1.165, 1.54) is 6.07 Å². The Morgan fingerprint density at radius 2 is 1.75 bits per heavy atom. The van der Waals surface area contributed by atoms with E-state index in [2.05, 4.69) is 10.6 Å². The van der Waals surface area contributed by atoms with Crippen LogP contribution in [0.3, 0.4) is 0 Å². The van der Waals surface area contributed by atoms with E-state index in [4.69, 9.17) is 0 Å². The quantitative estimate of drug-likeness (QED) is 0.652. The maximum atomic E-state index is 13.1. The summed E-state index contributed by atoms with van der Waals surface area (Å²) in [7, 11) is 0. The van der Waals surface area contributed by atoms with Crippen LogP contribution in [0.2, 0.25) is 0 Å². The summed E-state index contributed by atoms with van der Waals surface area (Å²) < 4.78 is 37.2. The van der Waals surface area contributed by atoms with Crippen molar-refractivity contribution in [3.05, 3.63) is 34.9 Å². The molecule has 172 valence electrons. The molecule has 0 bridgehead atoms. The summed E-state index contributed by atoms with van der Waals surface area (Å²) in [6.07, 6.45) is -3.03. The first-order chi connectivity index (χ1) is 15.1.